The molecule has 0 spiro atoms. The van der Waals surface area contributed by atoms with Gasteiger partial charge in [-0.25, -0.2) is 13.1 Å². The van der Waals surface area contributed by atoms with Crippen molar-refractivity contribution in [2.75, 3.05) is 5.32 Å². The predicted molar refractivity (Wildman–Crippen MR) is 113 cm³/mol. The summed E-state index contributed by atoms with van der Waals surface area (Å²) >= 11 is 0. The third-order valence-electron chi connectivity index (χ3n) is 5.02. The molecule has 8 nitrogen and oxygen atoms in total. The molecule has 1 aliphatic rings. The van der Waals surface area contributed by atoms with Crippen LogP contribution in [0.5, 0.6) is 0 Å². The number of hydrogen-bond acceptors (Lipinski definition) is 5. The number of carbonyl (C=O) groups excluding carboxylic acids is 1. The van der Waals surface area contributed by atoms with Gasteiger partial charge < -0.3 is 5.32 Å². The van der Waals surface area contributed by atoms with Crippen LogP contribution >= 0.6 is 0 Å². The van der Waals surface area contributed by atoms with E-state index < -0.39 is 15.9 Å². The van der Waals surface area contributed by atoms with Crippen LogP contribution in [0.25, 0.3) is 0 Å². The maximum Gasteiger partial charge on any atom is 0.256 e. The zero-order valence-electron chi connectivity index (χ0n) is 16.4. The van der Waals surface area contributed by atoms with Crippen LogP contribution in [0.2, 0.25) is 0 Å². The van der Waals surface area contributed by atoms with E-state index >= 15 is 0 Å². The predicted octanol–water partition coefficient (Wildman–Crippen LogP) is 2.80. The second-order valence-electron chi connectivity index (χ2n) is 7.30. The largest absolute Gasteiger partial charge is 0.305 e. The first-order valence-electron chi connectivity index (χ1n) is 9.87. The van der Waals surface area contributed by atoms with Crippen molar-refractivity contribution < 1.29 is 13.2 Å². The molecule has 1 aromatic carbocycles. The second kappa shape index (κ2) is 8.76. The van der Waals surface area contributed by atoms with Gasteiger partial charge in [0, 0.05) is 30.1 Å². The number of carbonyl (C=O) groups is 1. The van der Waals surface area contributed by atoms with Gasteiger partial charge in [0.05, 0.1) is 17.1 Å². The fourth-order valence-corrected chi connectivity index (χ4v) is 4.85. The number of nitrogens with zero attached hydrogens (tertiary/aromatic N) is 3. The molecule has 1 fully saturated rings. The third-order valence-corrected chi connectivity index (χ3v) is 6.53. The normalized spacial score (nSPS) is 14.7. The Labute approximate surface area is 175 Å². The zero-order valence-corrected chi connectivity index (χ0v) is 17.2. The van der Waals surface area contributed by atoms with E-state index in [2.05, 4.69) is 20.1 Å². The van der Waals surface area contributed by atoms with Crippen LogP contribution in [0, 0.1) is 0 Å². The van der Waals surface area contributed by atoms with Crippen LogP contribution in [0.15, 0.2) is 65.8 Å². The Morgan fingerprint density at radius 2 is 1.93 bits per heavy atom. The molecule has 2 heterocycles. The van der Waals surface area contributed by atoms with Gasteiger partial charge in [0.25, 0.3) is 5.91 Å². The highest BCUT2D eigenvalue weighted by Gasteiger charge is 2.23. The molecule has 9 heteroatoms. The number of benzene rings is 1. The molecule has 1 saturated carbocycles. The number of hydrogen-bond donors (Lipinski definition) is 2. The quantitative estimate of drug-likeness (QED) is 0.605. The highest BCUT2D eigenvalue weighted by Crippen LogP contribution is 2.21. The molecule has 1 aliphatic carbocycles. The first-order valence-corrected chi connectivity index (χ1v) is 11.3. The summed E-state index contributed by atoms with van der Waals surface area (Å²) in [6.45, 7) is 0.483. The highest BCUT2D eigenvalue weighted by atomic mass is 32.2. The van der Waals surface area contributed by atoms with E-state index in [1.165, 1.54) is 12.1 Å². The van der Waals surface area contributed by atoms with E-state index in [1.54, 1.807) is 35.3 Å². The highest BCUT2D eigenvalue weighted by molar-refractivity contribution is 7.89. The fraction of sp³-hybridized carbons (Fsp3) is 0.286. The summed E-state index contributed by atoms with van der Waals surface area (Å²) in [6.07, 6.45) is 7.22. The minimum Gasteiger partial charge on any atom is -0.305 e. The van der Waals surface area contributed by atoms with E-state index in [0.717, 1.165) is 31.4 Å². The van der Waals surface area contributed by atoms with Crippen molar-refractivity contribution in [3.05, 3.63) is 72.2 Å². The minimum atomic E-state index is -3.66. The Kier molecular flexibility index (Phi) is 5.91. The number of rotatable bonds is 7. The molecule has 30 heavy (non-hydrogen) atoms. The Balaban J connectivity index is 1.43. The lowest BCUT2D eigenvalue weighted by atomic mass is 10.2. The fourth-order valence-electron chi connectivity index (χ4n) is 3.50. The van der Waals surface area contributed by atoms with Gasteiger partial charge in [0.15, 0.2) is 5.82 Å². The molecular formula is C21H23N5O3S. The summed E-state index contributed by atoms with van der Waals surface area (Å²) in [6, 6.07) is 13.3. The SMILES string of the molecule is O=C(Nc1ccn(Cc2ccccn2)n1)c1cccc(S(=O)(=O)NC2CCCC2)c1. The molecule has 2 aromatic heterocycles. The molecule has 156 valence electrons. The number of anilines is 1. The van der Waals surface area contributed by atoms with E-state index in [1.807, 2.05) is 18.2 Å². The standard InChI is InChI=1S/C21H23N5O3S/c27-21(23-20-11-13-26(24-20)15-18-9-3-4-12-22-18)16-6-5-10-19(14-16)30(28,29)25-17-7-1-2-8-17/h3-6,9-14,17,25H,1-2,7-8,15H2,(H,23,24,27). The summed E-state index contributed by atoms with van der Waals surface area (Å²) in [5, 5.41) is 7.03. The molecule has 0 aliphatic heterocycles. The number of nitrogens with one attached hydrogen (secondary N) is 2. The molecule has 0 bridgehead atoms. The van der Waals surface area contributed by atoms with E-state index in [4.69, 9.17) is 0 Å². The van der Waals surface area contributed by atoms with Gasteiger partial charge in [0.2, 0.25) is 10.0 Å². The summed E-state index contributed by atoms with van der Waals surface area (Å²) in [5.41, 5.74) is 1.11. The molecule has 0 saturated heterocycles. The number of aromatic nitrogens is 3. The Bertz CT molecular complexity index is 1120. The minimum absolute atomic E-state index is 0.0319. The maximum absolute atomic E-state index is 12.6. The smallest absolute Gasteiger partial charge is 0.256 e. The van der Waals surface area contributed by atoms with Gasteiger partial charge in [-0.05, 0) is 43.2 Å². The van der Waals surface area contributed by atoms with Gasteiger partial charge >= 0.3 is 0 Å². The lowest BCUT2D eigenvalue weighted by Crippen LogP contribution is -2.32. The van der Waals surface area contributed by atoms with Crippen LogP contribution in [-0.2, 0) is 16.6 Å². The number of sulfonamides is 1. The topological polar surface area (TPSA) is 106 Å². The molecule has 2 N–H and O–H groups in total. The average molecular weight is 426 g/mol. The summed E-state index contributed by atoms with van der Waals surface area (Å²) in [4.78, 5) is 17.0. The van der Waals surface area contributed by atoms with Crippen LogP contribution in [0.4, 0.5) is 5.82 Å². The van der Waals surface area contributed by atoms with Crippen molar-refractivity contribution in [3.63, 3.8) is 0 Å². The number of pyridine rings is 1. The molecular weight excluding hydrogens is 402 g/mol. The summed E-state index contributed by atoms with van der Waals surface area (Å²) < 4.78 is 29.7. The van der Waals surface area contributed by atoms with Crippen LogP contribution in [-0.4, -0.2) is 35.1 Å². The number of amides is 1. The van der Waals surface area contributed by atoms with Crippen molar-refractivity contribution in [1.82, 2.24) is 19.5 Å². The lowest BCUT2D eigenvalue weighted by Gasteiger charge is -2.13. The van der Waals surface area contributed by atoms with Crippen LogP contribution in [0.1, 0.15) is 41.7 Å². The van der Waals surface area contributed by atoms with Gasteiger partial charge in [-0.15, -0.1) is 0 Å². The van der Waals surface area contributed by atoms with Gasteiger partial charge in [0.1, 0.15) is 0 Å². The Morgan fingerprint density at radius 3 is 2.70 bits per heavy atom. The van der Waals surface area contributed by atoms with Crippen molar-refractivity contribution in [1.29, 1.82) is 0 Å². The van der Waals surface area contributed by atoms with Gasteiger partial charge in [-0.3, -0.25) is 14.5 Å². The third kappa shape index (κ3) is 4.92. The van der Waals surface area contributed by atoms with E-state index in [-0.39, 0.29) is 16.5 Å². The molecule has 0 radical (unpaired) electrons. The van der Waals surface area contributed by atoms with E-state index in [0.29, 0.717) is 12.4 Å². The maximum atomic E-state index is 12.6. The van der Waals surface area contributed by atoms with E-state index in [9.17, 15) is 13.2 Å². The monoisotopic (exact) mass is 425 g/mol. The molecule has 0 unspecified atom stereocenters. The average Bonchev–Trinajstić information content (AvgIpc) is 3.41. The molecule has 3 aromatic rings. The van der Waals surface area contributed by atoms with Crippen molar-refractivity contribution in [2.24, 2.45) is 0 Å². The van der Waals surface area contributed by atoms with Crippen molar-refractivity contribution in [3.8, 4) is 0 Å². The lowest BCUT2D eigenvalue weighted by molar-refractivity contribution is 0.102. The van der Waals surface area contributed by atoms with Crippen LogP contribution < -0.4 is 10.0 Å². The summed E-state index contributed by atoms with van der Waals surface area (Å²) in [7, 11) is -3.66. The first kappa shape index (κ1) is 20.2. The second-order valence-corrected chi connectivity index (χ2v) is 9.02. The molecule has 0 atom stereocenters. The Hall–Kier alpha value is -3.04. The molecule has 1 amide bonds. The van der Waals surface area contributed by atoms with Crippen molar-refractivity contribution >= 4 is 21.7 Å². The summed E-state index contributed by atoms with van der Waals surface area (Å²) in [5.74, 6) is -0.0377. The Morgan fingerprint density at radius 1 is 1.10 bits per heavy atom. The molecule has 4 rings (SSSR count). The first-order chi connectivity index (χ1) is 14.5. The van der Waals surface area contributed by atoms with Crippen LogP contribution in [0.3, 0.4) is 0 Å². The van der Waals surface area contributed by atoms with Gasteiger partial charge in [-0.2, -0.15) is 5.10 Å². The van der Waals surface area contributed by atoms with Gasteiger partial charge in [-0.1, -0.05) is 25.0 Å². The van der Waals surface area contributed by atoms with Crippen molar-refractivity contribution in [2.45, 2.75) is 43.2 Å². The zero-order chi connectivity index (χ0) is 21.0.